The number of hydrogen-bond donors (Lipinski definition) is 0. The van der Waals surface area contributed by atoms with Gasteiger partial charge in [-0.1, -0.05) is 0 Å². The smallest absolute Gasteiger partial charge is 0.405 e. The first-order valence-electron chi connectivity index (χ1n) is 11.1. The van der Waals surface area contributed by atoms with Gasteiger partial charge in [0, 0.05) is 35.8 Å². The fourth-order valence-electron chi connectivity index (χ4n) is 5.23. The van der Waals surface area contributed by atoms with Crippen LogP contribution in [-0.2, 0) is 0 Å². The highest BCUT2D eigenvalue weighted by molar-refractivity contribution is 5.97. The van der Waals surface area contributed by atoms with Crippen molar-refractivity contribution in [1.82, 2.24) is 14.7 Å². The zero-order valence-corrected chi connectivity index (χ0v) is 19.0. The van der Waals surface area contributed by atoms with E-state index in [4.69, 9.17) is 5.10 Å². The molecule has 0 atom stereocenters. The van der Waals surface area contributed by atoms with Gasteiger partial charge in [0.15, 0.2) is 0 Å². The van der Waals surface area contributed by atoms with Crippen LogP contribution in [0.4, 0.5) is 22.0 Å². The number of rotatable bonds is 4. The van der Waals surface area contributed by atoms with Gasteiger partial charge in [0.2, 0.25) is 0 Å². The van der Waals surface area contributed by atoms with Crippen molar-refractivity contribution in [2.75, 3.05) is 13.1 Å². The zero-order chi connectivity index (χ0) is 25.1. The summed E-state index contributed by atoms with van der Waals surface area (Å²) < 4.78 is 70.8. The van der Waals surface area contributed by atoms with Gasteiger partial charge in [-0.05, 0) is 68.7 Å². The van der Waals surface area contributed by atoms with Crippen molar-refractivity contribution in [2.45, 2.75) is 39.1 Å². The Balaban J connectivity index is 1.25. The molecule has 3 aromatic rings. The number of ether oxygens (including phenoxy) is 1. The first-order valence-corrected chi connectivity index (χ1v) is 11.1. The summed E-state index contributed by atoms with van der Waals surface area (Å²) in [5.41, 5.74) is 2.95. The quantitative estimate of drug-likeness (QED) is 0.432. The number of carbonyl (C=O) groups excluding carboxylic acids is 1. The van der Waals surface area contributed by atoms with Gasteiger partial charge in [-0.3, -0.25) is 9.48 Å². The lowest BCUT2D eigenvalue weighted by molar-refractivity contribution is -0.274. The number of likely N-dealkylation sites (tertiary alicyclic amines) is 1. The number of benzene rings is 2. The van der Waals surface area contributed by atoms with E-state index < -0.39 is 23.8 Å². The molecule has 1 saturated heterocycles. The lowest BCUT2D eigenvalue weighted by atomic mass is 9.60. The number of aryl methyl sites for hydroxylation is 2. The number of nitrogens with zero attached hydrogens (tertiary/aromatic N) is 3. The van der Waals surface area contributed by atoms with Crippen molar-refractivity contribution >= 4 is 5.91 Å². The molecule has 35 heavy (non-hydrogen) atoms. The van der Waals surface area contributed by atoms with Crippen LogP contribution < -0.4 is 4.74 Å². The van der Waals surface area contributed by atoms with Crippen LogP contribution >= 0.6 is 0 Å². The van der Waals surface area contributed by atoms with Crippen LogP contribution in [0.1, 0.15) is 40.5 Å². The van der Waals surface area contributed by atoms with E-state index in [0.29, 0.717) is 19.2 Å². The Morgan fingerprint density at radius 1 is 1.03 bits per heavy atom. The summed E-state index contributed by atoms with van der Waals surface area (Å²) in [4.78, 5) is 14.3. The van der Waals surface area contributed by atoms with Gasteiger partial charge >= 0.3 is 6.36 Å². The van der Waals surface area contributed by atoms with E-state index in [9.17, 15) is 26.7 Å². The van der Waals surface area contributed by atoms with E-state index in [0.717, 1.165) is 47.5 Å². The number of carbonyl (C=O) groups is 1. The second-order valence-electron chi connectivity index (χ2n) is 9.49. The standard InChI is InChI=1S/C25H22F5N3O2/c1-14-7-16(26)3-5-19(14)21-8-15(2)33(31-21)18-10-24(11-18)12-32(13-24)23(34)20-6-4-17(27)9-22(20)35-25(28,29)30/h3-9,18H,10-13H2,1-2H3. The minimum Gasteiger partial charge on any atom is -0.405 e. The minimum atomic E-state index is -5.03. The maximum atomic E-state index is 13.5. The Hall–Kier alpha value is -3.43. The van der Waals surface area contributed by atoms with Crippen molar-refractivity contribution in [3.63, 3.8) is 0 Å². The maximum Gasteiger partial charge on any atom is 0.573 e. The highest BCUT2D eigenvalue weighted by Gasteiger charge is 2.55. The SMILES string of the molecule is Cc1cc(F)ccc1-c1cc(C)n(C2CC3(C2)CN(C(=O)c2ccc(F)cc2OC(F)(F)F)C3)n1. The molecule has 0 N–H and O–H groups in total. The molecule has 2 aromatic carbocycles. The zero-order valence-electron chi connectivity index (χ0n) is 19.0. The number of aromatic nitrogens is 2. The predicted molar refractivity (Wildman–Crippen MR) is 117 cm³/mol. The third-order valence-electron chi connectivity index (χ3n) is 6.81. The topological polar surface area (TPSA) is 47.4 Å². The molecule has 1 aromatic heterocycles. The van der Waals surface area contributed by atoms with Crippen molar-refractivity contribution in [3.8, 4) is 17.0 Å². The molecular weight excluding hydrogens is 469 g/mol. The lowest BCUT2D eigenvalue weighted by Gasteiger charge is -2.59. The summed E-state index contributed by atoms with van der Waals surface area (Å²) in [6, 6.07) is 9.19. The molecule has 1 saturated carbocycles. The molecule has 10 heteroatoms. The average molecular weight is 491 g/mol. The Bertz CT molecular complexity index is 1300. The van der Waals surface area contributed by atoms with Gasteiger partial charge in [0.25, 0.3) is 5.91 Å². The van der Waals surface area contributed by atoms with Gasteiger partial charge < -0.3 is 9.64 Å². The second kappa shape index (κ2) is 8.07. The van der Waals surface area contributed by atoms with E-state index in [1.165, 1.54) is 17.0 Å². The summed E-state index contributed by atoms with van der Waals surface area (Å²) in [6.45, 7) is 4.58. The van der Waals surface area contributed by atoms with Gasteiger partial charge in [0.05, 0.1) is 17.3 Å². The molecule has 5 nitrogen and oxygen atoms in total. The summed E-state index contributed by atoms with van der Waals surface area (Å²) in [5, 5.41) is 4.73. The van der Waals surface area contributed by atoms with Gasteiger partial charge in [0.1, 0.15) is 17.4 Å². The molecule has 1 spiro atoms. The first kappa shape index (κ1) is 23.3. The molecule has 0 radical (unpaired) electrons. The Morgan fingerprint density at radius 2 is 1.69 bits per heavy atom. The highest BCUT2D eigenvalue weighted by Crippen LogP contribution is 2.54. The summed E-state index contributed by atoms with van der Waals surface area (Å²) in [5.74, 6) is -2.69. The first-order chi connectivity index (χ1) is 16.4. The number of halogens is 5. The number of amides is 1. The lowest BCUT2D eigenvalue weighted by Crippen LogP contribution is -2.63. The fourth-order valence-corrected chi connectivity index (χ4v) is 5.23. The fraction of sp³-hybridized carbons (Fsp3) is 0.360. The van der Waals surface area contributed by atoms with Crippen molar-refractivity contribution in [2.24, 2.45) is 5.41 Å². The van der Waals surface area contributed by atoms with Crippen LogP contribution in [0.3, 0.4) is 0 Å². The van der Waals surface area contributed by atoms with Crippen LogP contribution in [0.25, 0.3) is 11.3 Å². The average Bonchev–Trinajstić information content (AvgIpc) is 3.05. The van der Waals surface area contributed by atoms with Crippen LogP contribution in [0.15, 0.2) is 42.5 Å². The maximum absolute atomic E-state index is 13.5. The molecule has 1 aliphatic carbocycles. The molecule has 184 valence electrons. The van der Waals surface area contributed by atoms with Crippen LogP contribution in [0, 0.1) is 30.9 Å². The van der Waals surface area contributed by atoms with Crippen LogP contribution in [0.5, 0.6) is 5.75 Å². The normalized spacial score (nSPS) is 17.3. The largest absolute Gasteiger partial charge is 0.573 e. The van der Waals surface area contributed by atoms with Crippen molar-refractivity contribution in [1.29, 1.82) is 0 Å². The van der Waals surface area contributed by atoms with E-state index in [-0.39, 0.29) is 22.8 Å². The van der Waals surface area contributed by atoms with Gasteiger partial charge in [-0.2, -0.15) is 5.10 Å². The summed E-state index contributed by atoms with van der Waals surface area (Å²) >= 11 is 0. The molecular formula is C25H22F5N3O2. The Labute approximate surface area is 198 Å². The predicted octanol–water partition coefficient (Wildman–Crippen LogP) is 5.82. The van der Waals surface area contributed by atoms with E-state index >= 15 is 0 Å². The Kier molecular flexibility index (Phi) is 5.37. The monoisotopic (exact) mass is 491 g/mol. The molecule has 1 aliphatic heterocycles. The third-order valence-corrected chi connectivity index (χ3v) is 6.81. The summed E-state index contributed by atoms with van der Waals surface area (Å²) in [6.07, 6.45) is -3.49. The third kappa shape index (κ3) is 4.37. The molecule has 2 aliphatic rings. The minimum absolute atomic E-state index is 0.115. The molecule has 2 heterocycles. The second-order valence-corrected chi connectivity index (χ2v) is 9.49. The molecule has 1 amide bonds. The van der Waals surface area contributed by atoms with Crippen molar-refractivity contribution in [3.05, 3.63) is 70.9 Å². The van der Waals surface area contributed by atoms with E-state index in [1.54, 1.807) is 6.07 Å². The van der Waals surface area contributed by atoms with E-state index in [1.807, 2.05) is 24.6 Å². The molecule has 0 unspecified atom stereocenters. The van der Waals surface area contributed by atoms with Crippen LogP contribution in [-0.4, -0.2) is 40.0 Å². The highest BCUT2D eigenvalue weighted by atomic mass is 19.4. The number of alkyl halides is 3. The summed E-state index contributed by atoms with van der Waals surface area (Å²) in [7, 11) is 0. The molecule has 2 fully saturated rings. The molecule has 5 rings (SSSR count). The number of hydrogen-bond acceptors (Lipinski definition) is 3. The Morgan fingerprint density at radius 3 is 2.34 bits per heavy atom. The van der Waals surface area contributed by atoms with Gasteiger partial charge in [-0.15, -0.1) is 13.2 Å². The van der Waals surface area contributed by atoms with Crippen molar-refractivity contribution < 1.29 is 31.5 Å². The van der Waals surface area contributed by atoms with Crippen LogP contribution in [0.2, 0.25) is 0 Å². The van der Waals surface area contributed by atoms with E-state index in [2.05, 4.69) is 4.74 Å². The van der Waals surface area contributed by atoms with Gasteiger partial charge in [-0.25, -0.2) is 8.78 Å². The molecule has 0 bridgehead atoms.